The molecule has 0 saturated carbocycles. The third-order valence-electron chi connectivity index (χ3n) is 0.944. The van der Waals surface area contributed by atoms with Crippen LogP contribution < -0.4 is 3.58 Å². The van der Waals surface area contributed by atoms with Crippen LogP contribution in [0.2, 0.25) is 10.0 Å². The second-order valence-corrected chi connectivity index (χ2v) is 4.39. The fourth-order valence-electron chi connectivity index (χ4n) is 0.512. The minimum atomic E-state index is 0.634. The zero-order chi connectivity index (χ0) is 6.85. The second kappa shape index (κ2) is 3.13. The third-order valence-corrected chi connectivity index (χ3v) is 2.71. The van der Waals surface area contributed by atoms with Gasteiger partial charge in [0.2, 0.25) is 0 Å². The van der Waals surface area contributed by atoms with E-state index >= 15 is 0 Å². The van der Waals surface area contributed by atoms with Gasteiger partial charge in [-0.1, -0.05) is 0 Å². The Hall–Kier alpha value is 0.599. The quantitative estimate of drug-likeness (QED) is 0.624. The number of benzene rings is 1. The first-order valence-corrected chi connectivity index (χ1v) is 4.81. The Kier molecular flexibility index (Phi) is 2.68. The third kappa shape index (κ3) is 2.02. The SMILES string of the molecule is Clc1cc[c]([SnH])cc1Cl. The molecule has 1 rings (SSSR count). The summed E-state index contributed by atoms with van der Waals surface area (Å²) in [6.07, 6.45) is 0. The molecule has 2 radical (unpaired) electrons. The Labute approximate surface area is 77.2 Å². The summed E-state index contributed by atoms with van der Waals surface area (Å²) in [5, 5.41) is 1.29. The molecular weight excluding hydrogens is 262 g/mol. The van der Waals surface area contributed by atoms with Gasteiger partial charge < -0.3 is 0 Å². The number of halogens is 2. The molecule has 0 aliphatic rings. The molecule has 0 aliphatic carbocycles. The van der Waals surface area contributed by atoms with Crippen molar-refractivity contribution in [1.29, 1.82) is 0 Å². The predicted molar refractivity (Wildman–Crippen MR) is 43.2 cm³/mol. The van der Waals surface area contributed by atoms with Crippen molar-refractivity contribution < 1.29 is 0 Å². The summed E-state index contributed by atoms with van der Waals surface area (Å²) < 4.78 is 1.26. The Balaban J connectivity index is 3.17. The molecule has 46 valence electrons. The van der Waals surface area contributed by atoms with Crippen LogP contribution in [0.4, 0.5) is 0 Å². The van der Waals surface area contributed by atoms with E-state index in [4.69, 9.17) is 23.2 Å². The van der Waals surface area contributed by atoms with Gasteiger partial charge in [-0.2, -0.15) is 0 Å². The van der Waals surface area contributed by atoms with Gasteiger partial charge in [0.25, 0.3) is 0 Å². The van der Waals surface area contributed by atoms with Gasteiger partial charge in [-0.25, -0.2) is 0 Å². The van der Waals surface area contributed by atoms with Gasteiger partial charge in [0.05, 0.1) is 0 Å². The fourth-order valence-corrected chi connectivity index (χ4v) is 1.87. The molecule has 0 heterocycles. The summed E-state index contributed by atoms with van der Waals surface area (Å²) in [4.78, 5) is 0. The van der Waals surface area contributed by atoms with E-state index < -0.39 is 0 Å². The summed E-state index contributed by atoms with van der Waals surface area (Å²) in [6, 6.07) is 5.70. The standard InChI is InChI=1S/C6H3Cl2.Sn.H/c7-5-3-1-2-4-6(5)8;;/h1,3-4H;;. The summed E-state index contributed by atoms with van der Waals surface area (Å²) in [6.45, 7) is 0. The molecule has 0 N–H and O–H groups in total. The first-order chi connectivity index (χ1) is 4.20. The minimum absolute atomic E-state index is 0.634. The molecule has 0 amide bonds. The Morgan fingerprint density at radius 3 is 2.22 bits per heavy atom. The first kappa shape index (κ1) is 7.70. The topological polar surface area (TPSA) is 0 Å². The van der Waals surface area contributed by atoms with Crippen LogP contribution in [-0.2, 0) is 0 Å². The number of hydrogen-bond donors (Lipinski definition) is 0. The monoisotopic (exact) mass is 266 g/mol. The van der Waals surface area contributed by atoms with E-state index in [9.17, 15) is 0 Å². The Morgan fingerprint density at radius 1 is 1.11 bits per heavy atom. The van der Waals surface area contributed by atoms with Gasteiger partial charge in [0, 0.05) is 0 Å². The summed E-state index contributed by atoms with van der Waals surface area (Å²) in [7, 11) is 0. The molecule has 1 aromatic rings. The number of rotatable bonds is 0. The Morgan fingerprint density at radius 2 is 1.78 bits per heavy atom. The fraction of sp³-hybridized carbons (Fsp3) is 0. The van der Waals surface area contributed by atoms with E-state index in [0.717, 1.165) is 22.5 Å². The average Bonchev–Trinajstić information content (AvgIpc) is 1.80. The van der Waals surface area contributed by atoms with Crippen molar-refractivity contribution in [3.05, 3.63) is 28.2 Å². The van der Waals surface area contributed by atoms with Gasteiger partial charge in [-0.15, -0.1) is 0 Å². The zero-order valence-electron chi connectivity index (χ0n) is 4.57. The van der Waals surface area contributed by atoms with Gasteiger partial charge in [-0.05, 0) is 0 Å². The predicted octanol–water partition coefficient (Wildman–Crippen LogP) is 1.52. The van der Waals surface area contributed by atoms with Gasteiger partial charge in [0.1, 0.15) is 0 Å². The second-order valence-electron chi connectivity index (χ2n) is 1.67. The van der Waals surface area contributed by atoms with E-state index in [1.807, 2.05) is 18.2 Å². The maximum atomic E-state index is 5.70. The number of hydrogen-bond acceptors (Lipinski definition) is 0. The molecule has 9 heavy (non-hydrogen) atoms. The van der Waals surface area contributed by atoms with Gasteiger partial charge in [0.15, 0.2) is 0 Å². The van der Waals surface area contributed by atoms with E-state index in [1.54, 1.807) is 0 Å². The average molecular weight is 266 g/mol. The van der Waals surface area contributed by atoms with Crippen molar-refractivity contribution >= 4 is 49.3 Å². The first-order valence-electron chi connectivity index (χ1n) is 2.40. The van der Waals surface area contributed by atoms with Crippen LogP contribution in [0.15, 0.2) is 18.2 Å². The van der Waals surface area contributed by atoms with Crippen molar-refractivity contribution in [2.45, 2.75) is 0 Å². The van der Waals surface area contributed by atoms with Crippen molar-refractivity contribution in [2.75, 3.05) is 0 Å². The van der Waals surface area contributed by atoms with Crippen LogP contribution in [0.3, 0.4) is 0 Å². The molecule has 0 spiro atoms. The molecule has 0 aliphatic heterocycles. The molecule has 3 heteroatoms. The molecule has 0 nitrogen and oxygen atoms in total. The van der Waals surface area contributed by atoms with Crippen LogP contribution in [0.25, 0.3) is 0 Å². The van der Waals surface area contributed by atoms with Gasteiger partial charge in [-0.3, -0.25) is 0 Å². The summed E-state index contributed by atoms with van der Waals surface area (Å²) in [5.74, 6) is 0. The van der Waals surface area contributed by atoms with E-state index in [0.29, 0.717) is 10.0 Å². The molecular formula is C6H4Cl2Sn. The molecule has 0 aromatic heterocycles. The van der Waals surface area contributed by atoms with Crippen molar-refractivity contribution in [3.63, 3.8) is 0 Å². The van der Waals surface area contributed by atoms with Crippen LogP contribution in [0.1, 0.15) is 0 Å². The molecule has 1 aromatic carbocycles. The molecule has 0 unspecified atom stereocenters. The van der Waals surface area contributed by atoms with Crippen molar-refractivity contribution in [1.82, 2.24) is 0 Å². The normalized spacial score (nSPS) is 9.67. The molecule has 0 bridgehead atoms. The molecule has 0 atom stereocenters. The maximum absolute atomic E-state index is 5.70. The Bertz CT molecular complexity index is 222. The van der Waals surface area contributed by atoms with Crippen LogP contribution in [0, 0.1) is 0 Å². The van der Waals surface area contributed by atoms with E-state index in [-0.39, 0.29) is 0 Å². The van der Waals surface area contributed by atoms with E-state index in [1.165, 1.54) is 3.58 Å². The van der Waals surface area contributed by atoms with E-state index in [2.05, 4.69) is 0 Å². The van der Waals surface area contributed by atoms with Crippen LogP contribution >= 0.6 is 23.2 Å². The summed E-state index contributed by atoms with van der Waals surface area (Å²) in [5.41, 5.74) is 0. The van der Waals surface area contributed by atoms with Gasteiger partial charge >= 0.3 is 77.6 Å². The van der Waals surface area contributed by atoms with Crippen molar-refractivity contribution in [2.24, 2.45) is 0 Å². The van der Waals surface area contributed by atoms with Crippen LogP contribution in [0.5, 0.6) is 0 Å². The van der Waals surface area contributed by atoms with Crippen molar-refractivity contribution in [3.8, 4) is 0 Å². The van der Waals surface area contributed by atoms with Crippen LogP contribution in [-0.4, -0.2) is 22.5 Å². The molecule has 0 fully saturated rings. The zero-order valence-corrected chi connectivity index (χ0v) is 9.37. The summed E-state index contributed by atoms with van der Waals surface area (Å²) >= 11 is 12.5. The molecule has 0 saturated heterocycles.